The summed E-state index contributed by atoms with van der Waals surface area (Å²) in [6.45, 7) is 0. The zero-order chi connectivity index (χ0) is 15.5. The molecule has 0 heterocycles. The van der Waals surface area contributed by atoms with E-state index in [4.69, 9.17) is 9.84 Å². The van der Waals surface area contributed by atoms with Crippen molar-refractivity contribution in [3.8, 4) is 5.75 Å². The van der Waals surface area contributed by atoms with E-state index in [-0.39, 0.29) is 17.7 Å². The third-order valence-corrected chi connectivity index (χ3v) is 3.84. The Balaban J connectivity index is 2.23. The molecule has 1 aliphatic carbocycles. The molecule has 1 aliphatic rings. The summed E-state index contributed by atoms with van der Waals surface area (Å²) < 4.78 is 18.4. The fraction of sp³-hybridized carbons (Fsp3) is 0.467. The number of ether oxygens (including phenoxy) is 1. The van der Waals surface area contributed by atoms with Crippen LogP contribution in [-0.2, 0) is 4.79 Å². The van der Waals surface area contributed by atoms with Crippen LogP contribution in [0.15, 0.2) is 18.2 Å². The topological polar surface area (TPSA) is 75.6 Å². The summed E-state index contributed by atoms with van der Waals surface area (Å²) in [6, 6.07) is 3.68. The van der Waals surface area contributed by atoms with Crippen LogP contribution in [0.25, 0.3) is 0 Å². The minimum atomic E-state index is -0.955. The Hall–Kier alpha value is -2.11. The SMILES string of the molecule is COc1ccc(F)cc1C(=O)NC1(CC(=O)O)CCCC1. The van der Waals surface area contributed by atoms with Gasteiger partial charge in [-0.3, -0.25) is 9.59 Å². The number of carboxylic acids is 1. The first-order valence-corrected chi connectivity index (χ1v) is 6.84. The van der Waals surface area contributed by atoms with Crippen molar-refractivity contribution in [1.29, 1.82) is 0 Å². The summed E-state index contributed by atoms with van der Waals surface area (Å²) in [5.41, 5.74) is -0.672. The van der Waals surface area contributed by atoms with E-state index in [2.05, 4.69) is 5.32 Å². The standard InChI is InChI=1S/C15H18FNO4/c1-21-12-5-4-10(16)8-11(12)14(20)17-15(9-13(18)19)6-2-3-7-15/h4-5,8H,2-3,6-7,9H2,1H3,(H,17,20)(H,18,19). The normalized spacial score (nSPS) is 16.5. The Labute approximate surface area is 122 Å². The molecular formula is C15H18FNO4. The highest BCUT2D eigenvalue weighted by Gasteiger charge is 2.38. The molecule has 1 fully saturated rings. The van der Waals surface area contributed by atoms with Crippen LogP contribution in [0, 0.1) is 5.82 Å². The quantitative estimate of drug-likeness (QED) is 0.874. The highest BCUT2D eigenvalue weighted by atomic mass is 19.1. The van der Waals surface area contributed by atoms with Crippen molar-refractivity contribution in [1.82, 2.24) is 5.32 Å². The fourth-order valence-electron chi connectivity index (χ4n) is 2.85. The Morgan fingerprint density at radius 3 is 2.62 bits per heavy atom. The predicted molar refractivity (Wildman–Crippen MR) is 73.9 cm³/mol. The number of rotatable bonds is 5. The van der Waals surface area contributed by atoms with E-state index < -0.39 is 23.2 Å². The highest BCUT2D eigenvalue weighted by Crippen LogP contribution is 2.33. The van der Waals surface area contributed by atoms with Crippen molar-refractivity contribution in [3.63, 3.8) is 0 Å². The van der Waals surface area contributed by atoms with Gasteiger partial charge in [-0.1, -0.05) is 12.8 Å². The second-order valence-electron chi connectivity index (χ2n) is 5.36. The molecule has 0 bridgehead atoms. The molecule has 1 aromatic carbocycles. The zero-order valence-corrected chi connectivity index (χ0v) is 11.8. The van der Waals surface area contributed by atoms with Gasteiger partial charge in [-0.05, 0) is 31.0 Å². The average Bonchev–Trinajstić information content (AvgIpc) is 2.85. The third-order valence-electron chi connectivity index (χ3n) is 3.84. The molecule has 21 heavy (non-hydrogen) atoms. The fourth-order valence-corrected chi connectivity index (χ4v) is 2.85. The molecule has 1 saturated carbocycles. The lowest BCUT2D eigenvalue weighted by Gasteiger charge is -2.29. The monoisotopic (exact) mass is 295 g/mol. The molecule has 2 N–H and O–H groups in total. The molecule has 0 aromatic heterocycles. The van der Waals surface area contributed by atoms with Gasteiger partial charge < -0.3 is 15.2 Å². The molecular weight excluding hydrogens is 277 g/mol. The van der Waals surface area contributed by atoms with Gasteiger partial charge in [0.15, 0.2) is 0 Å². The van der Waals surface area contributed by atoms with E-state index in [9.17, 15) is 14.0 Å². The van der Waals surface area contributed by atoms with Gasteiger partial charge in [-0.25, -0.2) is 4.39 Å². The molecule has 6 heteroatoms. The minimum Gasteiger partial charge on any atom is -0.496 e. The van der Waals surface area contributed by atoms with Crippen molar-refractivity contribution >= 4 is 11.9 Å². The molecule has 1 amide bonds. The van der Waals surface area contributed by atoms with Gasteiger partial charge in [0.2, 0.25) is 0 Å². The molecule has 0 spiro atoms. The van der Waals surface area contributed by atoms with E-state index in [1.165, 1.54) is 19.2 Å². The van der Waals surface area contributed by atoms with Crippen molar-refractivity contribution in [2.24, 2.45) is 0 Å². The van der Waals surface area contributed by atoms with Crippen molar-refractivity contribution < 1.29 is 23.8 Å². The first-order valence-electron chi connectivity index (χ1n) is 6.84. The molecule has 0 atom stereocenters. The number of methoxy groups -OCH3 is 1. The van der Waals surface area contributed by atoms with Crippen LogP contribution in [0.5, 0.6) is 5.75 Å². The second-order valence-corrected chi connectivity index (χ2v) is 5.36. The summed E-state index contributed by atoms with van der Waals surface area (Å²) in [5.74, 6) is -1.74. The van der Waals surface area contributed by atoms with Crippen molar-refractivity contribution in [3.05, 3.63) is 29.6 Å². The summed E-state index contributed by atoms with van der Waals surface area (Å²) in [6.07, 6.45) is 2.84. The van der Waals surface area contributed by atoms with Crippen LogP contribution in [0.2, 0.25) is 0 Å². The average molecular weight is 295 g/mol. The zero-order valence-electron chi connectivity index (χ0n) is 11.8. The van der Waals surface area contributed by atoms with Gasteiger partial charge in [0.1, 0.15) is 11.6 Å². The molecule has 0 radical (unpaired) electrons. The largest absolute Gasteiger partial charge is 0.496 e. The van der Waals surface area contributed by atoms with Crippen molar-refractivity contribution in [2.45, 2.75) is 37.6 Å². The van der Waals surface area contributed by atoms with Crippen LogP contribution in [-0.4, -0.2) is 29.6 Å². The van der Waals surface area contributed by atoms with E-state index in [0.717, 1.165) is 18.9 Å². The Bertz CT molecular complexity index is 553. The Kier molecular flexibility index (Phi) is 4.45. The van der Waals surface area contributed by atoms with Gasteiger partial charge in [-0.2, -0.15) is 0 Å². The van der Waals surface area contributed by atoms with Gasteiger partial charge in [0, 0.05) is 0 Å². The van der Waals surface area contributed by atoms with Gasteiger partial charge in [-0.15, -0.1) is 0 Å². The number of nitrogens with one attached hydrogen (secondary N) is 1. The molecule has 0 aliphatic heterocycles. The molecule has 2 rings (SSSR count). The number of aliphatic carboxylic acids is 1. The summed E-state index contributed by atoms with van der Waals surface area (Å²) in [7, 11) is 1.40. The number of carbonyl (C=O) groups excluding carboxylic acids is 1. The van der Waals surface area contributed by atoms with Crippen LogP contribution in [0.3, 0.4) is 0 Å². The number of halogens is 1. The molecule has 5 nitrogen and oxygen atoms in total. The molecule has 1 aromatic rings. The van der Waals surface area contributed by atoms with Gasteiger partial charge in [0.25, 0.3) is 5.91 Å². The maximum absolute atomic E-state index is 13.3. The summed E-state index contributed by atoms with van der Waals surface area (Å²) >= 11 is 0. The Morgan fingerprint density at radius 1 is 1.38 bits per heavy atom. The number of hydrogen-bond donors (Lipinski definition) is 2. The highest BCUT2D eigenvalue weighted by molar-refractivity contribution is 5.97. The number of hydrogen-bond acceptors (Lipinski definition) is 3. The first kappa shape index (κ1) is 15.3. The molecule has 114 valence electrons. The number of carbonyl (C=O) groups is 2. The summed E-state index contributed by atoms with van der Waals surface area (Å²) in [4.78, 5) is 23.4. The maximum atomic E-state index is 13.3. The molecule has 0 saturated heterocycles. The lowest BCUT2D eigenvalue weighted by Crippen LogP contribution is -2.47. The lowest BCUT2D eigenvalue weighted by molar-refractivity contribution is -0.138. The van der Waals surface area contributed by atoms with E-state index in [1.807, 2.05) is 0 Å². The number of carboxylic acid groups (broad SMARTS) is 1. The van der Waals surface area contributed by atoms with Crippen LogP contribution in [0.4, 0.5) is 4.39 Å². The first-order chi connectivity index (χ1) is 9.96. The van der Waals surface area contributed by atoms with E-state index >= 15 is 0 Å². The third kappa shape index (κ3) is 3.51. The number of amides is 1. The minimum absolute atomic E-state index is 0.0779. The smallest absolute Gasteiger partial charge is 0.305 e. The van der Waals surface area contributed by atoms with Crippen LogP contribution < -0.4 is 10.1 Å². The lowest BCUT2D eigenvalue weighted by atomic mass is 9.92. The van der Waals surface area contributed by atoms with Crippen LogP contribution in [0.1, 0.15) is 42.5 Å². The molecule has 0 unspecified atom stereocenters. The summed E-state index contributed by atoms with van der Waals surface area (Å²) in [5, 5.41) is 11.8. The maximum Gasteiger partial charge on any atom is 0.305 e. The number of benzene rings is 1. The van der Waals surface area contributed by atoms with Gasteiger partial charge in [0.05, 0.1) is 24.6 Å². The van der Waals surface area contributed by atoms with Gasteiger partial charge >= 0.3 is 5.97 Å². The Morgan fingerprint density at radius 2 is 2.05 bits per heavy atom. The second kappa shape index (κ2) is 6.11. The van der Waals surface area contributed by atoms with E-state index in [1.54, 1.807) is 0 Å². The van der Waals surface area contributed by atoms with Crippen molar-refractivity contribution in [2.75, 3.05) is 7.11 Å². The van der Waals surface area contributed by atoms with E-state index in [0.29, 0.717) is 12.8 Å². The predicted octanol–water partition coefficient (Wildman–Crippen LogP) is 2.35. The van der Waals surface area contributed by atoms with Crippen LogP contribution >= 0.6 is 0 Å².